The van der Waals surface area contributed by atoms with Crippen LogP contribution in [-0.4, -0.2) is 55.0 Å². The van der Waals surface area contributed by atoms with Crippen LogP contribution in [0.1, 0.15) is 22.8 Å². The van der Waals surface area contributed by atoms with Crippen LogP contribution >= 0.6 is 11.6 Å². The summed E-state index contributed by atoms with van der Waals surface area (Å²) in [5.41, 5.74) is 1.14. The molecule has 0 aromatic heterocycles. The molecule has 158 valence electrons. The fourth-order valence-corrected chi connectivity index (χ4v) is 3.24. The van der Waals surface area contributed by atoms with E-state index in [-0.39, 0.29) is 5.78 Å². The van der Waals surface area contributed by atoms with Gasteiger partial charge in [-0.1, -0.05) is 35.9 Å². The Kier molecular flexibility index (Phi) is 7.43. The Morgan fingerprint density at radius 2 is 1.77 bits per heavy atom. The summed E-state index contributed by atoms with van der Waals surface area (Å²) >= 11 is 6.06. The highest BCUT2D eigenvalue weighted by molar-refractivity contribution is 6.33. The molecule has 1 aliphatic heterocycles. The van der Waals surface area contributed by atoms with E-state index in [2.05, 4.69) is 5.32 Å². The highest BCUT2D eigenvalue weighted by Gasteiger charge is 2.21. The van der Waals surface area contributed by atoms with Gasteiger partial charge in [0.25, 0.3) is 5.91 Å². The van der Waals surface area contributed by atoms with Gasteiger partial charge in [-0.15, -0.1) is 0 Å². The van der Waals surface area contributed by atoms with Gasteiger partial charge in [0.1, 0.15) is 5.75 Å². The molecule has 0 radical (unpaired) electrons. The Hall–Kier alpha value is -2.90. The fourth-order valence-electron chi connectivity index (χ4n) is 3.02. The highest BCUT2D eigenvalue weighted by Crippen LogP contribution is 2.17. The summed E-state index contributed by atoms with van der Waals surface area (Å²) in [4.78, 5) is 38.3. The van der Waals surface area contributed by atoms with Crippen LogP contribution in [0.25, 0.3) is 0 Å². The van der Waals surface area contributed by atoms with Crippen LogP contribution < -0.4 is 10.1 Å². The lowest BCUT2D eigenvalue weighted by atomic mass is 10.0. The van der Waals surface area contributed by atoms with Gasteiger partial charge in [0.15, 0.2) is 5.78 Å². The van der Waals surface area contributed by atoms with E-state index in [1.807, 2.05) is 0 Å². The van der Waals surface area contributed by atoms with Crippen molar-refractivity contribution in [2.45, 2.75) is 19.4 Å². The number of hydrogen-bond acceptors (Lipinski definition) is 5. The van der Waals surface area contributed by atoms with Crippen molar-refractivity contribution in [2.75, 3.05) is 26.3 Å². The van der Waals surface area contributed by atoms with Crippen molar-refractivity contribution in [1.29, 1.82) is 0 Å². The zero-order valence-electron chi connectivity index (χ0n) is 16.6. The SMILES string of the molecule is CC(=O)[C@H](Cc1ccc(OC(=O)N2CCOCC2)cc1)NC(=O)c1ccccc1Cl. The monoisotopic (exact) mass is 430 g/mol. The average molecular weight is 431 g/mol. The van der Waals surface area contributed by atoms with Crippen molar-refractivity contribution >= 4 is 29.4 Å². The Labute approximate surface area is 179 Å². The zero-order chi connectivity index (χ0) is 21.5. The number of halogens is 1. The molecule has 1 atom stereocenters. The van der Waals surface area contributed by atoms with Crippen molar-refractivity contribution in [1.82, 2.24) is 10.2 Å². The predicted octanol–water partition coefficient (Wildman–Crippen LogP) is 3.10. The van der Waals surface area contributed by atoms with Gasteiger partial charge in [0.2, 0.25) is 0 Å². The summed E-state index contributed by atoms with van der Waals surface area (Å²) in [7, 11) is 0. The number of ether oxygens (including phenoxy) is 2. The third-order valence-corrected chi connectivity index (χ3v) is 5.08. The number of carbonyl (C=O) groups excluding carboxylic acids is 3. The number of Topliss-reactive ketones (excluding diaryl/α,β-unsaturated/α-hetero) is 1. The van der Waals surface area contributed by atoms with E-state index < -0.39 is 18.0 Å². The predicted molar refractivity (Wildman–Crippen MR) is 112 cm³/mol. The van der Waals surface area contributed by atoms with Crippen LogP contribution in [0.4, 0.5) is 4.79 Å². The Bertz CT molecular complexity index is 910. The van der Waals surface area contributed by atoms with Crippen molar-refractivity contribution in [2.24, 2.45) is 0 Å². The molecule has 7 nitrogen and oxygen atoms in total. The van der Waals surface area contributed by atoms with E-state index in [9.17, 15) is 14.4 Å². The fraction of sp³-hybridized carbons (Fsp3) is 0.318. The van der Waals surface area contributed by atoms with E-state index in [1.165, 1.54) is 6.92 Å². The minimum Gasteiger partial charge on any atom is -0.410 e. The highest BCUT2D eigenvalue weighted by atomic mass is 35.5. The average Bonchev–Trinajstić information content (AvgIpc) is 2.75. The molecule has 3 rings (SSSR count). The molecule has 1 N–H and O–H groups in total. The minimum atomic E-state index is -0.699. The molecule has 0 bridgehead atoms. The third kappa shape index (κ3) is 5.81. The third-order valence-electron chi connectivity index (χ3n) is 4.75. The van der Waals surface area contributed by atoms with Gasteiger partial charge >= 0.3 is 6.09 Å². The van der Waals surface area contributed by atoms with Gasteiger partial charge in [-0.2, -0.15) is 0 Å². The summed E-state index contributed by atoms with van der Waals surface area (Å²) < 4.78 is 10.6. The van der Waals surface area contributed by atoms with Crippen molar-refractivity contribution < 1.29 is 23.9 Å². The quantitative estimate of drug-likeness (QED) is 0.761. The second-order valence-electron chi connectivity index (χ2n) is 6.93. The molecule has 0 saturated carbocycles. The first-order valence-electron chi connectivity index (χ1n) is 9.63. The van der Waals surface area contributed by atoms with Crippen LogP contribution in [0.2, 0.25) is 5.02 Å². The zero-order valence-corrected chi connectivity index (χ0v) is 17.4. The maximum Gasteiger partial charge on any atom is 0.415 e. The van der Waals surface area contributed by atoms with Gasteiger partial charge in [0, 0.05) is 13.1 Å². The molecule has 0 unspecified atom stereocenters. The molecule has 2 aromatic rings. The van der Waals surface area contributed by atoms with Crippen LogP contribution in [0.5, 0.6) is 5.75 Å². The first-order chi connectivity index (χ1) is 14.4. The molecule has 1 heterocycles. The van der Waals surface area contributed by atoms with Gasteiger partial charge < -0.3 is 19.7 Å². The van der Waals surface area contributed by atoms with E-state index in [0.717, 1.165) is 5.56 Å². The lowest BCUT2D eigenvalue weighted by Gasteiger charge is -2.25. The smallest absolute Gasteiger partial charge is 0.410 e. The van der Waals surface area contributed by atoms with Gasteiger partial charge in [-0.25, -0.2) is 4.79 Å². The van der Waals surface area contributed by atoms with E-state index in [0.29, 0.717) is 49.1 Å². The molecule has 30 heavy (non-hydrogen) atoms. The number of hydrogen-bond donors (Lipinski definition) is 1. The summed E-state index contributed by atoms with van der Waals surface area (Å²) in [6.45, 7) is 3.43. The summed E-state index contributed by atoms with van der Waals surface area (Å²) in [6.07, 6.45) is -0.108. The first kappa shape index (κ1) is 21.8. The van der Waals surface area contributed by atoms with Gasteiger partial charge in [-0.3, -0.25) is 9.59 Å². The number of nitrogens with one attached hydrogen (secondary N) is 1. The molecule has 1 fully saturated rings. The normalized spacial score (nSPS) is 14.7. The van der Waals surface area contributed by atoms with Crippen LogP contribution in [0.3, 0.4) is 0 Å². The van der Waals surface area contributed by atoms with Crippen LogP contribution in [0, 0.1) is 0 Å². The number of morpholine rings is 1. The number of amides is 2. The van der Waals surface area contributed by atoms with Crippen LogP contribution in [0.15, 0.2) is 48.5 Å². The van der Waals surface area contributed by atoms with Crippen molar-refractivity contribution in [3.63, 3.8) is 0 Å². The summed E-state index contributed by atoms with van der Waals surface area (Å²) in [5, 5.41) is 3.06. The number of carbonyl (C=O) groups is 3. The second kappa shape index (κ2) is 10.2. The summed E-state index contributed by atoms with van der Waals surface area (Å²) in [5.74, 6) is -0.162. The topological polar surface area (TPSA) is 84.9 Å². The molecule has 0 spiro atoms. The summed E-state index contributed by atoms with van der Waals surface area (Å²) in [6, 6.07) is 12.8. The van der Waals surface area contributed by atoms with E-state index >= 15 is 0 Å². The molecular formula is C22H23ClN2O5. The Balaban J connectivity index is 1.60. The van der Waals surface area contributed by atoms with Crippen molar-refractivity contribution in [3.05, 3.63) is 64.7 Å². The number of benzene rings is 2. The number of nitrogens with zero attached hydrogens (tertiary/aromatic N) is 1. The Morgan fingerprint density at radius 3 is 2.40 bits per heavy atom. The number of ketones is 1. The standard InChI is InChI=1S/C22H23ClN2O5/c1-15(26)20(24-21(27)18-4-2-3-5-19(18)23)14-16-6-8-17(9-7-16)30-22(28)25-10-12-29-13-11-25/h2-9,20H,10-14H2,1H3,(H,24,27)/t20-/m0/s1. The minimum absolute atomic E-state index is 0.168. The van der Waals surface area contributed by atoms with E-state index in [1.54, 1.807) is 53.4 Å². The molecule has 2 amide bonds. The lowest BCUT2D eigenvalue weighted by molar-refractivity contribution is -0.118. The lowest BCUT2D eigenvalue weighted by Crippen LogP contribution is -2.42. The van der Waals surface area contributed by atoms with Gasteiger partial charge in [0.05, 0.1) is 29.8 Å². The molecule has 0 aliphatic carbocycles. The molecule has 1 saturated heterocycles. The van der Waals surface area contributed by atoms with Crippen molar-refractivity contribution in [3.8, 4) is 5.75 Å². The second-order valence-corrected chi connectivity index (χ2v) is 7.34. The molecule has 8 heteroatoms. The maximum atomic E-state index is 12.5. The van der Waals surface area contributed by atoms with Gasteiger partial charge in [-0.05, 0) is 43.2 Å². The van der Waals surface area contributed by atoms with E-state index in [4.69, 9.17) is 21.1 Å². The van der Waals surface area contributed by atoms with Crippen LogP contribution in [-0.2, 0) is 16.0 Å². The maximum absolute atomic E-state index is 12.5. The molecule has 2 aromatic carbocycles. The Morgan fingerprint density at radius 1 is 1.10 bits per heavy atom. The largest absolute Gasteiger partial charge is 0.415 e. The number of rotatable bonds is 6. The molecule has 1 aliphatic rings. The first-order valence-corrected chi connectivity index (χ1v) is 10.0. The molecular weight excluding hydrogens is 408 g/mol.